The van der Waals surface area contributed by atoms with Crippen molar-refractivity contribution >= 4 is 12.2 Å². The summed E-state index contributed by atoms with van der Waals surface area (Å²) in [4.78, 5) is 15.1. The lowest BCUT2D eigenvalue weighted by atomic mass is 10.1. The van der Waals surface area contributed by atoms with Crippen LogP contribution in [-0.4, -0.2) is 12.2 Å². The Morgan fingerprint density at radius 1 is 1.25 bits per heavy atom. The first-order valence-corrected chi connectivity index (χ1v) is 3.75. The fourth-order valence-electron chi connectivity index (χ4n) is 1.19. The van der Waals surface area contributed by atoms with Crippen molar-refractivity contribution in [2.75, 3.05) is 0 Å². The van der Waals surface area contributed by atoms with Gasteiger partial charge in [0.15, 0.2) is 6.04 Å². The molecule has 0 saturated heterocycles. The lowest BCUT2D eigenvalue weighted by molar-refractivity contribution is -0.120. The zero-order valence-corrected chi connectivity index (χ0v) is 6.40. The summed E-state index contributed by atoms with van der Waals surface area (Å²) in [5.41, 5.74) is 0.934. The van der Waals surface area contributed by atoms with Crippen molar-refractivity contribution in [3.63, 3.8) is 0 Å². The molecule has 1 aromatic carbocycles. The molecule has 0 radical (unpaired) electrons. The number of nitrogens with zero attached hydrogens (tertiary/aromatic N) is 1. The van der Waals surface area contributed by atoms with Crippen LogP contribution in [0.5, 0.6) is 0 Å². The smallest absolute Gasteiger partial charge is 0.254 e. The Morgan fingerprint density at radius 3 is 2.58 bits per heavy atom. The Bertz CT molecular complexity index is 319. The molecule has 1 aliphatic heterocycles. The maximum absolute atomic E-state index is 11.1. The van der Waals surface area contributed by atoms with Crippen LogP contribution in [0.3, 0.4) is 0 Å². The van der Waals surface area contributed by atoms with Gasteiger partial charge in [0.05, 0.1) is 6.34 Å². The van der Waals surface area contributed by atoms with Crippen LogP contribution in [-0.2, 0) is 4.79 Å². The number of carbonyl (C=O) groups is 1. The predicted molar refractivity (Wildman–Crippen MR) is 45.8 cm³/mol. The first-order chi connectivity index (χ1) is 5.88. The van der Waals surface area contributed by atoms with Crippen LogP contribution in [0, 0.1) is 0 Å². The van der Waals surface area contributed by atoms with Crippen molar-refractivity contribution in [2.45, 2.75) is 6.04 Å². The van der Waals surface area contributed by atoms with Crippen LogP contribution < -0.4 is 5.32 Å². The largest absolute Gasteiger partial charge is 0.315 e. The van der Waals surface area contributed by atoms with Gasteiger partial charge in [-0.05, 0) is 5.56 Å². The van der Waals surface area contributed by atoms with E-state index in [0.717, 1.165) is 5.56 Å². The molecular weight excluding hydrogens is 152 g/mol. The van der Waals surface area contributed by atoms with E-state index in [4.69, 9.17) is 0 Å². The third kappa shape index (κ3) is 1.09. The van der Waals surface area contributed by atoms with Crippen molar-refractivity contribution < 1.29 is 4.79 Å². The van der Waals surface area contributed by atoms with E-state index in [1.165, 1.54) is 6.34 Å². The van der Waals surface area contributed by atoms with Gasteiger partial charge >= 0.3 is 0 Å². The van der Waals surface area contributed by atoms with E-state index in [1.807, 2.05) is 30.3 Å². The van der Waals surface area contributed by atoms with Gasteiger partial charge in [-0.15, -0.1) is 0 Å². The molecule has 0 aromatic heterocycles. The van der Waals surface area contributed by atoms with Crippen molar-refractivity contribution in [2.24, 2.45) is 4.99 Å². The summed E-state index contributed by atoms with van der Waals surface area (Å²) in [5, 5.41) is 2.54. The fraction of sp³-hybridized carbons (Fsp3) is 0.111. The van der Waals surface area contributed by atoms with Crippen molar-refractivity contribution in [1.29, 1.82) is 0 Å². The molecule has 1 N–H and O–H groups in total. The highest BCUT2D eigenvalue weighted by molar-refractivity contribution is 5.97. The van der Waals surface area contributed by atoms with E-state index < -0.39 is 0 Å². The molecule has 2 rings (SSSR count). The van der Waals surface area contributed by atoms with Crippen LogP contribution in [0.2, 0.25) is 0 Å². The van der Waals surface area contributed by atoms with Crippen LogP contribution in [0.15, 0.2) is 35.3 Å². The molecule has 1 aromatic rings. The summed E-state index contributed by atoms with van der Waals surface area (Å²) in [6, 6.07) is 9.17. The summed E-state index contributed by atoms with van der Waals surface area (Å²) in [6.07, 6.45) is 1.44. The second kappa shape index (κ2) is 2.77. The summed E-state index contributed by atoms with van der Waals surface area (Å²) < 4.78 is 0. The van der Waals surface area contributed by atoms with Crippen LogP contribution in [0.1, 0.15) is 11.6 Å². The highest BCUT2D eigenvalue weighted by Gasteiger charge is 2.21. The molecule has 3 nitrogen and oxygen atoms in total. The van der Waals surface area contributed by atoms with E-state index in [9.17, 15) is 4.79 Å². The third-order valence-electron chi connectivity index (χ3n) is 1.79. The number of benzene rings is 1. The maximum atomic E-state index is 11.1. The average molecular weight is 160 g/mol. The summed E-state index contributed by atoms with van der Waals surface area (Å²) >= 11 is 0. The first kappa shape index (κ1) is 7.03. The molecule has 0 saturated carbocycles. The zero-order valence-electron chi connectivity index (χ0n) is 6.40. The van der Waals surface area contributed by atoms with Crippen molar-refractivity contribution in [3.8, 4) is 0 Å². The van der Waals surface area contributed by atoms with Gasteiger partial charge < -0.3 is 5.32 Å². The normalized spacial score (nSPS) is 21.0. The highest BCUT2D eigenvalue weighted by atomic mass is 16.2. The number of carbonyl (C=O) groups excluding carboxylic acids is 1. The molecule has 3 heteroatoms. The lowest BCUT2D eigenvalue weighted by Gasteiger charge is -2.03. The molecule has 1 heterocycles. The number of rotatable bonds is 1. The van der Waals surface area contributed by atoms with Crippen molar-refractivity contribution in [3.05, 3.63) is 35.9 Å². The molecular formula is C9H8N2O. The number of hydrogen-bond acceptors (Lipinski definition) is 2. The standard InChI is InChI=1S/C9H8N2O/c12-9-8(10-6-11-9)7-4-2-1-3-5-7/h1-6,8H,(H,10,11,12)/t8-/m1/s1. The molecule has 1 aliphatic rings. The molecule has 0 fully saturated rings. The molecule has 0 aliphatic carbocycles. The van der Waals surface area contributed by atoms with E-state index in [-0.39, 0.29) is 11.9 Å². The minimum Gasteiger partial charge on any atom is -0.315 e. The monoisotopic (exact) mass is 160 g/mol. The second-order valence-electron chi connectivity index (χ2n) is 2.60. The minimum atomic E-state index is -0.341. The van der Waals surface area contributed by atoms with Crippen LogP contribution in [0.4, 0.5) is 0 Å². The van der Waals surface area contributed by atoms with Crippen LogP contribution in [0.25, 0.3) is 0 Å². The van der Waals surface area contributed by atoms with Crippen molar-refractivity contribution in [1.82, 2.24) is 5.32 Å². The van der Waals surface area contributed by atoms with Gasteiger partial charge in [0.25, 0.3) is 5.91 Å². The summed E-state index contributed by atoms with van der Waals surface area (Å²) in [6.45, 7) is 0. The quantitative estimate of drug-likeness (QED) is 0.651. The first-order valence-electron chi connectivity index (χ1n) is 3.75. The Kier molecular flexibility index (Phi) is 1.63. The number of nitrogens with one attached hydrogen (secondary N) is 1. The van der Waals surface area contributed by atoms with E-state index in [2.05, 4.69) is 10.3 Å². The van der Waals surface area contributed by atoms with Gasteiger partial charge in [-0.2, -0.15) is 0 Å². The van der Waals surface area contributed by atoms with Gasteiger partial charge in [0, 0.05) is 0 Å². The third-order valence-corrected chi connectivity index (χ3v) is 1.79. The molecule has 1 amide bonds. The number of amides is 1. The number of aliphatic imine (C=N–C) groups is 1. The predicted octanol–water partition coefficient (Wildman–Crippen LogP) is 0.886. The summed E-state index contributed by atoms with van der Waals surface area (Å²) in [7, 11) is 0. The van der Waals surface area contributed by atoms with Gasteiger partial charge in [-0.3, -0.25) is 9.79 Å². The minimum absolute atomic E-state index is 0.0544. The fourth-order valence-corrected chi connectivity index (χ4v) is 1.19. The van der Waals surface area contributed by atoms with Gasteiger partial charge in [0.1, 0.15) is 0 Å². The van der Waals surface area contributed by atoms with E-state index in [1.54, 1.807) is 0 Å². The topological polar surface area (TPSA) is 41.5 Å². The Hall–Kier alpha value is -1.64. The molecule has 1 atom stereocenters. The molecule has 0 spiro atoms. The van der Waals surface area contributed by atoms with E-state index in [0.29, 0.717) is 0 Å². The van der Waals surface area contributed by atoms with Gasteiger partial charge in [-0.1, -0.05) is 30.3 Å². The van der Waals surface area contributed by atoms with Gasteiger partial charge in [-0.25, -0.2) is 0 Å². The number of hydrogen-bond donors (Lipinski definition) is 1. The summed E-state index contributed by atoms with van der Waals surface area (Å²) in [5.74, 6) is -0.0544. The molecule has 12 heavy (non-hydrogen) atoms. The molecule has 60 valence electrons. The second-order valence-corrected chi connectivity index (χ2v) is 2.60. The highest BCUT2D eigenvalue weighted by Crippen LogP contribution is 2.18. The lowest BCUT2D eigenvalue weighted by Crippen LogP contribution is -2.19. The van der Waals surface area contributed by atoms with Crippen LogP contribution >= 0.6 is 0 Å². The molecule has 0 bridgehead atoms. The average Bonchev–Trinajstić information content (AvgIpc) is 2.53. The maximum Gasteiger partial charge on any atom is 0.254 e. The Labute approximate surface area is 70.1 Å². The zero-order chi connectivity index (χ0) is 8.39. The Morgan fingerprint density at radius 2 is 2.00 bits per heavy atom. The molecule has 0 unspecified atom stereocenters. The van der Waals surface area contributed by atoms with Gasteiger partial charge in [0.2, 0.25) is 0 Å². The van der Waals surface area contributed by atoms with E-state index >= 15 is 0 Å². The SMILES string of the molecule is O=C1NC=N[C@@H]1c1ccccc1. The Balaban J connectivity index is 2.31.